The van der Waals surface area contributed by atoms with E-state index in [-0.39, 0.29) is 11.6 Å². The zero-order chi connectivity index (χ0) is 15.0. The van der Waals surface area contributed by atoms with Crippen molar-refractivity contribution in [3.8, 4) is 6.07 Å². The Bertz CT molecular complexity index is 498. The van der Waals surface area contributed by atoms with E-state index in [1.165, 1.54) is 0 Å². The molecule has 0 bridgehead atoms. The minimum Gasteiger partial charge on any atom is -0.370 e. The lowest BCUT2D eigenvalue weighted by atomic mass is 10.3. The van der Waals surface area contributed by atoms with Crippen molar-refractivity contribution in [2.75, 3.05) is 25.0 Å². The number of halogens is 1. The summed E-state index contributed by atoms with van der Waals surface area (Å²) in [7, 11) is 0. The third-order valence-electron chi connectivity index (χ3n) is 2.77. The fourth-order valence-corrected chi connectivity index (χ4v) is 1.87. The predicted octanol–water partition coefficient (Wildman–Crippen LogP) is 2.93. The SMILES string of the molecule is CCCNc1ccc(Cl)c(C(=O)N(CC)CCC#N)n1. The van der Waals surface area contributed by atoms with Gasteiger partial charge in [0.05, 0.1) is 17.5 Å². The van der Waals surface area contributed by atoms with E-state index < -0.39 is 0 Å². The van der Waals surface area contributed by atoms with Crippen LogP contribution in [0.1, 0.15) is 37.2 Å². The summed E-state index contributed by atoms with van der Waals surface area (Å²) in [5.41, 5.74) is 0.229. The number of nitriles is 1. The molecule has 1 amide bonds. The number of rotatable bonds is 7. The van der Waals surface area contributed by atoms with Gasteiger partial charge in [-0.3, -0.25) is 4.79 Å². The number of amides is 1. The second-order valence-electron chi connectivity index (χ2n) is 4.25. The summed E-state index contributed by atoms with van der Waals surface area (Å²) >= 11 is 6.06. The van der Waals surface area contributed by atoms with Crippen molar-refractivity contribution in [1.82, 2.24) is 9.88 Å². The van der Waals surface area contributed by atoms with Gasteiger partial charge in [0.25, 0.3) is 5.91 Å². The van der Waals surface area contributed by atoms with Crippen molar-refractivity contribution in [1.29, 1.82) is 5.26 Å². The van der Waals surface area contributed by atoms with Crippen LogP contribution in [-0.2, 0) is 0 Å². The molecule has 1 aromatic rings. The molecule has 0 aromatic carbocycles. The highest BCUT2D eigenvalue weighted by atomic mass is 35.5. The van der Waals surface area contributed by atoms with Gasteiger partial charge in [0.15, 0.2) is 0 Å². The average Bonchev–Trinajstić information content (AvgIpc) is 2.47. The molecule has 0 aliphatic carbocycles. The number of anilines is 1. The lowest BCUT2D eigenvalue weighted by molar-refractivity contribution is 0.0762. The molecule has 0 radical (unpaired) electrons. The summed E-state index contributed by atoms with van der Waals surface area (Å²) in [5, 5.41) is 12.1. The first kappa shape index (κ1) is 16.3. The zero-order valence-corrected chi connectivity index (χ0v) is 12.6. The van der Waals surface area contributed by atoms with Gasteiger partial charge in [-0.05, 0) is 25.5 Å². The third kappa shape index (κ3) is 4.39. The summed E-state index contributed by atoms with van der Waals surface area (Å²) in [6.45, 7) is 5.60. The Balaban J connectivity index is 2.92. The van der Waals surface area contributed by atoms with Crippen LogP contribution in [0.4, 0.5) is 5.82 Å². The van der Waals surface area contributed by atoms with Crippen LogP contribution in [0.25, 0.3) is 0 Å². The van der Waals surface area contributed by atoms with E-state index in [9.17, 15) is 4.79 Å². The molecule has 0 spiro atoms. The summed E-state index contributed by atoms with van der Waals surface area (Å²) in [6, 6.07) is 5.45. The predicted molar refractivity (Wildman–Crippen MR) is 79.8 cm³/mol. The van der Waals surface area contributed by atoms with E-state index in [1.807, 2.05) is 13.0 Å². The monoisotopic (exact) mass is 294 g/mol. The van der Waals surface area contributed by atoms with Crippen LogP contribution in [-0.4, -0.2) is 35.4 Å². The van der Waals surface area contributed by atoms with Gasteiger partial charge in [0, 0.05) is 19.6 Å². The second-order valence-corrected chi connectivity index (χ2v) is 4.65. The molecule has 108 valence electrons. The maximum Gasteiger partial charge on any atom is 0.274 e. The fourth-order valence-electron chi connectivity index (χ4n) is 1.68. The Hall–Kier alpha value is -1.80. The van der Waals surface area contributed by atoms with E-state index in [0.29, 0.717) is 30.4 Å². The van der Waals surface area contributed by atoms with Crippen LogP contribution in [0.3, 0.4) is 0 Å². The average molecular weight is 295 g/mol. The number of carbonyl (C=O) groups is 1. The highest BCUT2D eigenvalue weighted by molar-refractivity contribution is 6.33. The lowest BCUT2D eigenvalue weighted by Gasteiger charge is -2.19. The minimum atomic E-state index is -0.243. The molecule has 0 fully saturated rings. The molecule has 0 unspecified atom stereocenters. The Morgan fingerprint density at radius 1 is 1.50 bits per heavy atom. The largest absolute Gasteiger partial charge is 0.370 e. The highest BCUT2D eigenvalue weighted by Crippen LogP contribution is 2.18. The molecule has 20 heavy (non-hydrogen) atoms. The number of carbonyl (C=O) groups excluding carboxylic acids is 1. The van der Waals surface area contributed by atoms with E-state index in [0.717, 1.165) is 13.0 Å². The van der Waals surface area contributed by atoms with Crippen molar-refractivity contribution >= 4 is 23.3 Å². The van der Waals surface area contributed by atoms with Crippen LogP contribution in [0, 0.1) is 11.3 Å². The van der Waals surface area contributed by atoms with Gasteiger partial charge in [-0.1, -0.05) is 18.5 Å². The quantitative estimate of drug-likeness (QED) is 0.839. The standard InChI is InChI=1S/C14H19ClN4O/c1-3-9-17-12-7-6-11(15)13(18-12)14(20)19(4-2)10-5-8-16/h6-7H,3-5,9-10H2,1-2H3,(H,17,18). The normalized spacial score (nSPS) is 9.90. The summed E-state index contributed by atoms with van der Waals surface area (Å²) in [5.74, 6) is 0.392. The van der Waals surface area contributed by atoms with E-state index in [2.05, 4.69) is 17.2 Å². The molecule has 1 aromatic heterocycles. The Kier molecular flexibility index (Phi) is 6.82. The number of pyridine rings is 1. The molecular formula is C14H19ClN4O. The van der Waals surface area contributed by atoms with Gasteiger partial charge < -0.3 is 10.2 Å². The molecule has 0 aliphatic rings. The molecule has 0 saturated heterocycles. The van der Waals surface area contributed by atoms with Crippen LogP contribution < -0.4 is 5.32 Å². The number of nitrogens with one attached hydrogen (secondary N) is 1. The van der Waals surface area contributed by atoms with Gasteiger partial charge in [-0.25, -0.2) is 4.98 Å². The van der Waals surface area contributed by atoms with Crippen molar-refractivity contribution in [3.05, 3.63) is 22.8 Å². The Labute approximate surface area is 124 Å². The molecule has 5 nitrogen and oxygen atoms in total. The first-order valence-corrected chi connectivity index (χ1v) is 7.08. The first-order valence-electron chi connectivity index (χ1n) is 6.70. The van der Waals surface area contributed by atoms with Gasteiger partial charge in [0.2, 0.25) is 0 Å². The second kappa shape index (κ2) is 8.39. The third-order valence-corrected chi connectivity index (χ3v) is 3.07. The Morgan fingerprint density at radius 2 is 2.25 bits per heavy atom. The zero-order valence-electron chi connectivity index (χ0n) is 11.8. The van der Waals surface area contributed by atoms with Crippen LogP contribution >= 0.6 is 11.6 Å². The molecule has 0 aliphatic heterocycles. The van der Waals surface area contributed by atoms with Gasteiger partial charge in [0.1, 0.15) is 11.5 Å². The number of aromatic nitrogens is 1. The van der Waals surface area contributed by atoms with Crippen molar-refractivity contribution in [2.24, 2.45) is 0 Å². The van der Waals surface area contributed by atoms with Crippen molar-refractivity contribution < 1.29 is 4.79 Å². The van der Waals surface area contributed by atoms with Gasteiger partial charge in [-0.2, -0.15) is 5.26 Å². The summed E-state index contributed by atoms with van der Waals surface area (Å²) in [6.07, 6.45) is 1.27. The summed E-state index contributed by atoms with van der Waals surface area (Å²) in [4.78, 5) is 18.2. The number of nitrogens with zero attached hydrogens (tertiary/aromatic N) is 3. The molecule has 1 heterocycles. The first-order chi connectivity index (χ1) is 9.63. The van der Waals surface area contributed by atoms with Crippen LogP contribution in [0.2, 0.25) is 5.02 Å². The number of hydrogen-bond donors (Lipinski definition) is 1. The number of hydrogen-bond acceptors (Lipinski definition) is 4. The topological polar surface area (TPSA) is 69.0 Å². The maximum atomic E-state index is 12.4. The summed E-state index contributed by atoms with van der Waals surface area (Å²) < 4.78 is 0. The molecule has 0 atom stereocenters. The smallest absolute Gasteiger partial charge is 0.274 e. The molecule has 0 saturated carbocycles. The van der Waals surface area contributed by atoms with Crippen LogP contribution in [0.15, 0.2) is 12.1 Å². The molecule has 1 rings (SSSR count). The maximum absolute atomic E-state index is 12.4. The van der Waals surface area contributed by atoms with E-state index in [4.69, 9.17) is 16.9 Å². The minimum absolute atomic E-state index is 0.229. The molecule has 1 N–H and O–H groups in total. The van der Waals surface area contributed by atoms with Gasteiger partial charge in [-0.15, -0.1) is 0 Å². The molecular weight excluding hydrogens is 276 g/mol. The lowest BCUT2D eigenvalue weighted by Crippen LogP contribution is -2.32. The van der Waals surface area contributed by atoms with Crippen molar-refractivity contribution in [2.45, 2.75) is 26.7 Å². The van der Waals surface area contributed by atoms with E-state index >= 15 is 0 Å². The van der Waals surface area contributed by atoms with Crippen LogP contribution in [0.5, 0.6) is 0 Å². The Morgan fingerprint density at radius 3 is 2.85 bits per heavy atom. The fraction of sp³-hybridized carbons (Fsp3) is 0.500. The molecule has 6 heteroatoms. The van der Waals surface area contributed by atoms with Crippen molar-refractivity contribution in [3.63, 3.8) is 0 Å². The highest BCUT2D eigenvalue weighted by Gasteiger charge is 2.19. The van der Waals surface area contributed by atoms with Gasteiger partial charge >= 0.3 is 0 Å². The van der Waals surface area contributed by atoms with E-state index in [1.54, 1.807) is 17.0 Å².